The summed E-state index contributed by atoms with van der Waals surface area (Å²) in [6.45, 7) is 7.46. The lowest BCUT2D eigenvalue weighted by atomic mass is 10.2. The Morgan fingerprint density at radius 3 is 2.60 bits per heavy atom. The lowest BCUT2D eigenvalue weighted by molar-refractivity contribution is 0.0746. The van der Waals surface area contributed by atoms with Crippen molar-refractivity contribution in [1.29, 1.82) is 0 Å². The molecule has 0 atom stereocenters. The first-order chi connectivity index (χ1) is 12.1. The number of hydrogen-bond donors (Lipinski definition) is 1. The monoisotopic (exact) mass is 359 g/mol. The van der Waals surface area contributed by atoms with Gasteiger partial charge in [-0.05, 0) is 26.0 Å². The van der Waals surface area contributed by atoms with Gasteiger partial charge >= 0.3 is 0 Å². The summed E-state index contributed by atoms with van der Waals surface area (Å²) in [6.07, 6.45) is 0. The van der Waals surface area contributed by atoms with Gasteiger partial charge in [0, 0.05) is 44.5 Å². The molecule has 0 saturated carbocycles. The van der Waals surface area contributed by atoms with Crippen LogP contribution in [-0.4, -0.2) is 53.5 Å². The summed E-state index contributed by atoms with van der Waals surface area (Å²) in [5.41, 5.74) is 1.48. The van der Waals surface area contributed by atoms with E-state index in [-0.39, 0.29) is 5.91 Å². The van der Waals surface area contributed by atoms with Crippen molar-refractivity contribution in [3.8, 4) is 0 Å². The van der Waals surface area contributed by atoms with Crippen LogP contribution in [0.3, 0.4) is 0 Å². The van der Waals surface area contributed by atoms with Gasteiger partial charge in [-0.25, -0.2) is 4.98 Å². The summed E-state index contributed by atoms with van der Waals surface area (Å²) < 4.78 is 0. The number of piperazine rings is 1. The molecule has 1 aromatic heterocycles. The largest absolute Gasteiger partial charge is 0.370 e. The highest BCUT2D eigenvalue weighted by molar-refractivity contribution is 6.33. The van der Waals surface area contributed by atoms with Crippen molar-refractivity contribution < 1.29 is 4.79 Å². The van der Waals surface area contributed by atoms with Crippen LogP contribution in [0, 0.1) is 6.92 Å². The quantitative estimate of drug-likeness (QED) is 0.909. The Kier molecular flexibility index (Phi) is 5.38. The van der Waals surface area contributed by atoms with Crippen molar-refractivity contribution in [3.63, 3.8) is 0 Å². The van der Waals surface area contributed by atoms with Crippen LogP contribution in [0.15, 0.2) is 30.3 Å². The first-order valence-electron chi connectivity index (χ1n) is 8.47. The number of aromatic nitrogens is 2. The van der Waals surface area contributed by atoms with Gasteiger partial charge in [0.05, 0.1) is 10.6 Å². The number of aryl methyl sites for hydroxylation is 1. The molecule has 0 unspecified atom stereocenters. The molecule has 0 aliphatic carbocycles. The maximum absolute atomic E-state index is 12.6. The third-order valence-corrected chi connectivity index (χ3v) is 4.48. The number of nitrogens with zero attached hydrogens (tertiary/aromatic N) is 4. The van der Waals surface area contributed by atoms with Crippen molar-refractivity contribution in [2.45, 2.75) is 13.8 Å². The van der Waals surface area contributed by atoms with Crippen LogP contribution in [0.5, 0.6) is 0 Å². The molecule has 25 heavy (non-hydrogen) atoms. The summed E-state index contributed by atoms with van der Waals surface area (Å²) in [5.74, 6) is 1.52. The molecule has 1 amide bonds. The number of benzene rings is 1. The van der Waals surface area contributed by atoms with Gasteiger partial charge in [0.2, 0.25) is 5.95 Å². The molecule has 3 rings (SSSR count). The average molecular weight is 360 g/mol. The maximum Gasteiger partial charge on any atom is 0.255 e. The second-order valence-electron chi connectivity index (χ2n) is 5.98. The van der Waals surface area contributed by atoms with Gasteiger partial charge in [-0.2, -0.15) is 4.98 Å². The topological polar surface area (TPSA) is 61.4 Å². The summed E-state index contributed by atoms with van der Waals surface area (Å²) in [7, 11) is 0. The molecule has 2 aromatic rings. The molecule has 7 heteroatoms. The molecule has 1 aromatic carbocycles. The minimum Gasteiger partial charge on any atom is -0.370 e. The Morgan fingerprint density at radius 2 is 1.92 bits per heavy atom. The molecular formula is C18H22ClN5O. The van der Waals surface area contributed by atoms with Gasteiger partial charge in [0.15, 0.2) is 0 Å². The molecule has 0 spiro atoms. The predicted molar refractivity (Wildman–Crippen MR) is 101 cm³/mol. The second-order valence-corrected chi connectivity index (χ2v) is 6.39. The molecule has 1 fully saturated rings. The molecule has 1 saturated heterocycles. The molecule has 1 aliphatic rings. The SMILES string of the molecule is CCNc1cc(C)nc(N2CCN(C(=O)c3ccccc3Cl)CC2)n1. The lowest BCUT2D eigenvalue weighted by Gasteiger charge is -2.35. The fourth-order valence-electron chi connectivity index (χ4n) is 2.88. The van der Waals surface area contributed by atoms with Gasteiger partial charge in [-0.3, -0.25) is 4.79 Å². The van der Waals surface area contributed by atoms with E-state index in [0.717, 1.165) is 18.1 Å². The Bertz CT molecular complexity index is 759. The highest BCUT2D eigenvalue weighted by Crippen LogP contribution is 2.20. The summed E-state index contributed by atoms with van der Waals surface area (Å²) in [6, 6.07) is 9.10. The zero-order valence-electron chi connectivity index (χ0n) is 14.5. The minimum atomic E-state index is -0.0243. The third-order valence-electron chi connectivity index (χ3n) is 4.15. The van der Waals surface area contributed by atoms with Gasteiger partial charge in [0.1, 0.15) is 5.82 Å². The molecule has 1 aliphatic heterocycles. The molecule has 0 radical (unpaired) electrons. The van der Waals surface area contributed by atoms with Crippen molar-refractivity contribution >= 4 is 29.3 Å². The predicted octanol–water partition coefficient (Wildman–Crippen LogP) is 2.83. The van der Waals surface area contributed by atoms with E-state index in [1.54, 1.807) is 12.1 Å². The van der Waals surface area contributed by atoms with E-state index in [1.807, 2.05) is 36.9 Å². The molecule has 2 heterocycles. The zero-order valence-corrected chi connectivity index (χ0v) is 15.3. The lowest BCUT2D eigenvalue weighted by Crippen LogP contribution is -2.49. The smallest absolute Gasteiger partial charge is 0.255 e. The Balaban J connectivity index is 1.68. The van der Waals surface area contributed by atoms with Crippen LogP contribution in [0.1, 0.15) is 23.0 Å². The van der Waals surface area contributed by atoms with Gasteiger partial charge in [-0.1, -0.05) is 23.7 Å². The number of anilines is 2. The first kappa shape index (κ1) is 17.5. The van der Waals surface area contributed by atoms with Crippen molar-refractivity contribution in [2.75, 3.05) is 42.9 Å². The molecule has 1 N–H and O–H groups in total. The van der Waals surface area contributed by atoms with E-state index in [4.69, 9.17) is 11.6 Å². The van der Waals surface area contributed by atoms with E-state index < -0.39 is 0 Å². The summed E-state index contributed by atoms with van der Waals surface area (Å²) >= 11 is 6.14. The standard InChI is InChI=1S/C18H22ClN5O/c1-3-20-16-12-13(2)21-18(22-16)24-10-8-23(9-11-24)17(25)14-6-4-5-7-15(14)19/h4-7,12H,3,8-11H2,1-2H3,(H,20,21,22). The van der Waals surface area contributed by atoms with Crippen LogP contribution >= 0.6 is 11.6 Å². The van der Waals surface area contributed by atoms with E-state index in [0.29, 0.717) is 42.7 Å². The number of nitrogens with one attached hydrogen (secondary N) is 1. The molecule has 0 bridgehead atoms. The van der Waals surface area contributed by atoms with Gasteiger partial charge < -0.3 is 15.1 Å². The van der Waals surface area contributed by atoms with Crippen LogP contribution < -0.4 is 10.2 Å². The second kappa shape index (κ2) is 7.70. The van der Waals surface area contributed by atoms with Gasteiger partial charge in [-0.15, -0.1) is 0 Å². The number of halogens is 1. The summed E-state index contributed by atoms with van der Waals surface area (Å²) in [4.78, 5) is 25.7. The Labute approximate surface area is 152 Å². The Morgan fingerprint density at radius 1 is 1.20 bits per heavy atom. The third kappa shape index (κ3) is 4.02. The van der Waals surface area contributed by atoms with Crippen molar-refractivity contribution in [3.05, 3.63) is 46.6 Å². The normalized spacial score (nSPS) is 14.5. The van der Waals surface area contributed by atoms with Crippen LogP contribution in [0.4, 0.5) is 11.8 Å². The minimum absolute atomic E-state index is 0.0243. The van der Waals surface area contributed by atoms with E-state index >= 15 is 0 Å². The van der Waals surface area contributed by atoms with E-state index in [9.17, 15) is 4.79 Å². The number of amides is 1. The number of carbonyl (C=O) groups is 1. The van der Waals surface area contributed by atoms with Crippen molar-refractivity contribution in [1.82, 2.24) is 14.9 Å². The van der Waals surface area contributed by atoms with Crippen LogP contribution in [0.2, 0.25) is 5.02 Å². The number of hydrogen-bond acceptors (Lipinski definition) is 5. The van der Waals surface area contributed by atoms with E-state index in [1.165, 1.54) is 0 Å². The summed E-state index contributed by atoms with van der Waals surface area (Å²) in [5, 5.41) is 3.72. The fraction of sp³-hybridized carbons (Fsp3) is 0.389. The molecule has 6 nitrogen and oxygen atoms in total. The molecule has 132 valence electrons. The number of rotatable bonds is 4. The van der Waals surface area contributed by atoms with Gasteiger partial charge in [0.25, 0.3) is 5.91 Å². The average Bonchev–Trinajstić information content (AvgIpc) is 2.61. The maximum atomic E-state index is 12.6. The number of carbonyl (C=O) groups excluding carboxylic acids is 1. The fourth-order valence-corrected chi connectivity index (χ4v) is 3.10. The first-order valence-corrected chi connectivity index (χ1v) is 8.84. The highest BCUT2D eigenvalue weighted by Gasteiger charge is 2.24. The Hall–Kier alpha value is -2.34. The van der Waals surface area contributed by atoms with Crippen LogP contribution in [0.25, 0.3) is 0 Å². The van der Waals surface area contributed by atoms with Crippen molar-refractivity contribution in [2.24, 2.45) is 0 Å². The highest BCUT2D eigenvalue weighted by atomic mass is 35.5. The molecular weight excluding hydrogens is 338 g/mol. The van der Waals surface area contributed by atoms with Crippen LogP contribution in [-0.2, 0) is 0 Å². The van der Waals surface area contributed by atoms with E-state index in [2.05, 4.69) is 20.2 Å². The zero-order chi connectivity index (χ0) is 17.8.